The fourth-order valence-electron chi connectivity index (χ4n) is 2.18. The van der Waals surface area contributed by atoms with E-state index in [1.165, 1.54) is 25.4 Å². The lowest BCUT2D eigenvalue weighted by Gasteiger charge is -2.20. The fraction of sp³-hybridized carbons (Fsp3) is 0.312. The number of nitrogens with one attached hydrogen (secondary N) is 2. The van der Waals surface area contributed by atoms with Gasteiger partial charge in [0.1, 0.15) is 22.4 Å². The molecule has 0 saturated carbocycles. The normalized spacial score (nSPS) is 13.0. The monoisotopic (exact) mass is 431 g/mol. The van der Waals surface area contributed by atoms with E-state index in [9.17, 15) is 22.0 Å². The molecule has 0 aliphatic rings. The molecule has 150 valence electrons. The third kappa shape index (κ3) is 4.64. The molecule has 0 saturated heterocycles. The number of anilines is 1. The SMILES string of the molecule is C[C@@H](NS(=O)(=O)c1cn(C)c(C(=O)Nc2ccnc(C#N)c2)c1Cl)C(C)(F)F. The Hall–Kier alpha value is -2.55. The summed E-state index contributed by atoms with van der Waals surface area (Å²) in [5.74, 6) is -4.05. The van der Waals surface area contributed by atoms with Gasteiger partial charge >= 0.3 is 0 Å². The van der Waals surface area contributed by atoms with Crippen molar-refractivity contribution in [3.8, 4) is 6.07 Å². The number of nitrogens with zero attached hydrogens (tertiary/aromatic N) is 3. The van der Waals surface area contributed by atoms with Gasteiger partial charge in [0.05, 0.1) is 11.1 Å². The average molecular weight is 432 g/mol. The Morgan fingerprint density at radius 1 is 1.46 bits per heavy atom. The highest BCUT2D eigenvalue weighted by Gasteiger charge is 2.36. The Balaban J connectivity index is 2.35. The van der Waals surface area contributed by atoms with Gasteiger partial charge in [0, 0.05) is 32.1 Å². The summed E-state index contributed by atoms with van der Waals surface area (Å²) in [6.45, 7) is 1.59. The van der Waals surface area contributed by atoms with Crippen LogP contribution in [-0.4, -0.2) is 35.8 Å². The van der Waals surface area contributed by atoms with Gasteiger partial charge in [-0.15, -0.1) is 0 Å². The predicted octanol–water partition coefficient (Wildman–Crippen LogP) is 2.52. The van der Waals surface area contributed by atoms with Gasteiger partial charge in [-0.1, -0.05) is 11.6 Å². The van der Waals surface area contributed by atoms with Crippen LogP contribution in [-0.2, 0) is 17.1 Å². The van der Waals surface area contributed by atoms with Crippen molar-refractivity contribution in [2.45, 2.75) is 30.7 Å². The minimum Gasteiger partial charge on any atom is -0.344 e. The van der Waals surface area contributed by atoms with E-state index < -0.39 is 37.8 Å². The van der Waals surface area contributed by atoms with Crippen LogP contribution >= 0.6 is 11.6 Å². The van der Waals surface area contributed by atoms with Gasteiger partial charge in [-0.25, -0.2) is 26.9 Å². The van der Waals surface area contributed by atoms with E-state index in [-0.39, 0.29) is 17.1 Å². The van der Waals surface area contributed by atoms with Crippen molar-refractivity contribution in [3.05, 3.63) is 40.9 Å². The molecule has 1 amide bonds. The summed E-state index contributed by atoms with van der Waals surface area (Å²) in [6, 6.07) is 2.88. The quantitative estimate of drug-likeness (QED) is 0.728. The van der Waals surface area contributed by atoms with E-state index in [2.05, 4.69) is 10.3 Å². The molecule has 2 aromatic heterocycles. The van der Waals surface area contributed by atoms with Gasteiger partial charge in [0.2, 0.25) is 10.0 Å². The first kappa shape index (κ1) is 21.7. The highest BCUT2D eigenvalue weighted by atomic mass is 35.5. The number of carbonyl (C=O) groups is 1. The van der Waals surface area contributed by atoms with E-state index in [1.54, 1.807) is 0 Å². The molecule has 0 radical (unpaired) electrons. The van der Waals surface area contributed by atoms with E-state index in [1.807, 2.05) is 10.8 Å². The summed E-state index contributed by atoms with van der Waals surface area (Å²) in [7, 11) is -3.03. The molecular weight excluding hydrogens is 416 g/mol. The van der Waals surface area contributed by atoms with Crippen molar-refractivity contribution in [1.82, 2.24) is 14.3 Å². The molecule has 0 aliphatic heterocycles. The zero-order valence-corrected chi connectivity index (χ0v) is 16.6. The number of rotatable bonds is 6. The van der Waals surface area contributed by atoms with Crippen molar-refractivity contribution in [2.75, 3.05) is 5.32 Å². The second kappa shape index (κ2) is 7.83. The van der Waals surface area contributed by atoms with Crippen LogP contribution in [0.4, 0.5) is 14.5 Å². The number of carbonyl (C=O) groups excluding carboxylic acids is 1. The molecule has 0 aliphatic carbocycles. The number of halogens is 3. The minimum absolute atomic E-state index is 0.0673. The Labute approximate surface area is 165 Å². The van der Waals surface area contributed by atoms with Crippen molar-refractivity contribution in [2.24, 2.45) is 7.05 Å². The molecule has 0 unspecified atom stereocenters. The molecule has 28 heavy (non-hydrogen) atoms. The predicted molar refractivity (Wildman–Crippen MR) is 97.7 cm³/mol. The summed E-state index contributed by atoms with van der Waals surface area (Å²) in [5.41, 5.74) is 0.113. The average Bonchev–Trinajstić information content (AvgIpc) is 2.89. The van der Waals surface area contributed by atoms with Crippen LogP contribution in [0.1, 0.15) is 30.0 Å². The summed E-state index contributed by atoms with van der Waals surface area (Å²) >= 11 is 6.08. The number of aryl methyl sites for hydroxylation is 1. The smallest absolute Gasteiger partial charge is 0.273 e. The molecular formula is C16H16ClF2N5O3S. The molecule has 0 bridgehead atoms. The van der Waals surface area contributed by atoms with E-state index >= 15 is 0 Å². The number of aromatic nitrogens is 2. The molecule has 8 nitrogen and oxygen atoms in total. The van der Waals surface area contributed by atoms with Crippen LogP contribution in [0.15, 0.2) is 29.4 Å². The van der Waals surface area contributed by atoms with E-state index in [0.717, 1.165) is 17.7 Å². The number of hydrogen-bond donors (Lipinski definition) is 2. The standard InChI is InChI=1S/C16H16ClF2N5O3S/c1-9(16(2,18)19)23-28(26,27)12-8-24(3)14(13(12)17)15(25)22-10-4-5-21-11(6-10)7-20/h4-6,8-9,23H,1-3H3,(H,21,22,25)/t9-/m1/s1. The van der Waals surface area contributed by atoms with Crippen LogP contribution in [0.25, 0.3) is 0 Å². The fourth-order valence-corrected chi connectivity index (χ4v) is 4.18. The maximum Gasteiger partial charge on any atom is 0.273 e. The third-order valence-corrected chi connectivity index (χ3v) is 5.86. The van der Waals surface area contributed by atoms with Gasteiger partial charge in [-0.05, 0) is 19.1 Å². The molecule has 0 spiro atoms. The Kier molecular flexibility index (Phi) is 6.08. The van der Waals surface area contributed by atoms with Crippen molar-refractivity contribution in [1.29, 1.82) is 5.26 Å². The molecule has 1 atom stereocenters. The molecule has 2 N–H and O–H groups in total. The highest BCUT2D eigenvalue weighted by molar-refractivity contribution is 7.89. The second-order valence-electron chi connectivity index (χ2n) is 6.06. The largest absolute Gasteiger partial charge is 0.344 e. The number of amides is 1. The van der Waals surface area contributed by atoms with Gasteiger partial charge in [0.25, 0.3) is 11.8 Å². The number of pyridine rings is 1. The van der Waals surface area contributed by atoms with Gasteiger partial charge in [0.15, 0.2) is 0 Å². The topological polar surface area (TPSA) is 117 Å². The Morgan fingerprint density at radius 2 is 2.11 bits per heavy atom. The first-order valence-corrected chi connectivity index (χ1v) is 9.65. The molecule has 0 aromatic carbocycles. The Bertz CT molecular complexity index is 1060. The van der Waals surface area contributed by atoms with Gasteiger partial charge < -0.3 is 9.88 Å². The number of alkyl halides is 2. The van der Waals surface area contributed by atoms with Gasteiger partial charge in [-0.3, -0.25) is 4.79 Å². The lowest BCUT2D eigenvalue weighted by Crippen LogP contribution is -2.43. The van der Waals surface area contributed by atoms with Crippen LogP contribution in [0.5, 0.6) is 0 Å². The zero-order chi connectivity index (χ0) is 21.3. The van der Waals surface area contributed by atoms with E-state index in [0.29, 0.717) is 6.92 Å². The maximum absolute atomic E-state index is 13.3. The minimum atomic E-state index is -4.41. The lowest BCUT2D eigenvalue weighted by molar-refractivity contribution is -0.00488. The van der Waals surface area contributed by atoms with Crippen molar-refractivity contribution >= 4 is 33.2 Å². The number of nitriles is 1. The van der Waals surface area contributed by atoms with Crippen LogP contribution in [0.3, 0.4) is 0 Å². The lowest BCUT2D eigenvalue weighted by atomic mass is 10.2. The van der Waals surface area contributed by atoms with E-state index in [4.69, 9.17) is 16.9 Å². The van der Waals surface area contributed by atoms with Gasteiger partial charge in [-0.2, -0.15) is 5.26 Å². The first-order chi connectivity index (χ1) is 12.9. The van der Waals surface area contributed by atoms with Crippen molar-refractivity contribution < 1.29 is 22.0 Å². The third-order valence-electron chi connectivity index (χ3n) is 3.82. The molecule has 12 heteroatoms. The number of sulfonamides is 1. The highest BCUT2D eigenvalue weighted by Crippen LogP contribution is 2.29. The van der Waals surface area contributed by atoms with Crippen LogP contribution in [0, 0.1) is 11.3 Å². The Morgan fingerprint density at radius 3 is 2.68 bits per heavy atom. The molecule has 0 fully saturated rings. The van der Waals surface area contributed by atoms with Crippen LogP contribution < -0.4 is 10.0 Å². The van der Waals surface area contributed by atoms with Crippen LogP contribution in [0.2, 0.25) is 5.02 Å². The maximum atomic E-state index is 13.3. The number of hydrogen-bond acceptors (Lipinski definition) is 5. The summed E-state index contributed by atoms with van der Waals surface area (Å²) in [6.07, 6.45) is 2.36. The van der Waals surface area contributed by atoms with Crippen molar-refractivity contribution in [3.63, 3.8) is 0 Å². The zero-order valence-electron chi connectivity index (χ0n) is 15.0. The summed E-state index contributed by atoms with van der Waals surface area (Å²) in [5, 5.41) is 10.9. The first-order valence-electron chi connectivity index (χ1n) is 7.79. The second-order valence-corrected chi connectivity index (χ2v) is 8.12. The summed E-state index contributed by atoms with van der Waals surface area (Å²) < 4.78 is 54.5. The molecule has 2 heterocycles. The molecule has 2 rings (SSSR count). The summed E-state index contributed by atoms with van der Waals surface area (Å²) in [4.78, 5) is 15.8. The molecule has 2 aromatic rings.